The molecule has 1 N–H and O–H groups in total. The van der Waals surface area contributed by atoms with Gasteiger partial charge in [-0.2, -0.15) is 0 Å². The molecule has 8 nitrogen and oxygen atoms in total. The van der Waals surface area contributed by atoms with Gasteiger partial charge in [-0.1, -0.05) is 4.47 Å². The maximum absolute atomic E-state index is 12.4. The molecule has 0 amide bonds. The van der Waals surface area contributed by atoms with Gasteiger partial charge in [-0.25, -0.2) is 8.42 Å². The highest BCUT2D eigenvalue weighted by atomic mass is 32.2. The van der Waals surface area contributed by atoms with Gasteiger partial charge in [0.05, 0.1) is 17.7 Å². The molecule has 0 spiro atoms. The molecule has 0 aromatic heterocycles. The number of hydrogen-bond acceptors (Lipinski definition) is 6. The van der Waals surface area contributed by atoms with Gasteiger partial charge in [-0.3, -0.25) is 15.0 Å². The Bertz CT molecular complexity index is 642. The second-order valence-corrected chi connectivity index (χ2v) is 6.76. The van der Waals surface area contributed by atoms with E-state index < -0.39 is 14.9 Å². The Morgan fingerprint density at radius 2 is 2.14 bits per heavy atom. The minimum absolute atomic E-state index is 0.165. The molecular formula is C12H17N3O5S. The summed E-state index contributed by atoms with van der Waals surface area (Å²) in [6, 6.07) is 3.73. The first-order valence-electron chi connectivity index (χ1n) is 6.41. The van der Waals surface area contributed by atoms with E-state index in [0.29, 0.717) is 22.6 Å². The van der Waals surface area contributed by atoms with E-state index in [1.807, 2.05) is 0 Å². The van der Waals surface area contributed by atoms with E-state index in [2.05, 4.69) is 5.32 Å². The summed E-state index contributed by atoms with van der Waals surface area (Å²) >= 11 is 0. The molecule has 116 valence electrons. The summed E-state index contributed by atoms with van der Waals surface area (Å²) in [4.78, 5) is 14.8. The Hall–Kier alpha value is -1.71. The van der Waals surface area contributed by atoms with E-state index in [1.165, 1.54) is 26.3 Å². The molecule has 1 fully saturated rings. The Labute approximate surface area is 122 Å². The highest BCUT2D eigenvalue weighted by Gasteiger charge is 2.28. The molecule has 0 aliphatic heterocycles. The molecule has 0 radical (unpaired) electrons. The zero-order valence-electron chi connectivity index (χ0n) is 11.8. The zero-order chi connectivity index (χ0) is 15.6. The Morgan fingerprint density at radius 3 is 2.67 bits per heavy atom. The fourth-order valence-corrected chi connectivity index (χ4v) is 2.96. The lowest BCUT2D eigenvalue weighted by Crippen LogP contribution is -2.26. The highest BCUT2D eigenvalue weighted by molar-refractivity contribution is 7.89. The monoisotopic (exact) mass is 315 g/mol. The van der Waals surface area contributed by atoms with E-state index in [1.54, 1.807) is 0 Å². The summed E-state index contributed by atoms with van der Waals surface area (Å²) in [5.41, 5.74) is 0.0615. The molecule has 1 aliphatic carbocycles. The van der Waals surface area contributed by atoms with Crippen molar-refractivity contribution in [1.82, 2.24) is 4.47 Å². The Morgan fingerprint density at radius 1 is 1.48 bits per heavy atom. The number of benzene rings is 1. The van der Waals surface area contributed by atoms with Crippen molar-refractivity contribution < 1.29 is 18.2 Å². The number of nitrogens with one attached hydrogen (secondary N) is 1. The molecule has 0 heterocycles. The van der Waals surface area contributed by atoms with Gasteiger partial charge in [0.25, 0.3) is 15.7 Å². The molecule has 0 bridgehead atoms. The molecule has 1 saturated carbocycles. The summed E-state index contributed by atoms with van der Waals surface area (Å²) in [5.74, 6) is 0.538. The van der Waals surface area contributed by atoms with E-state index in [9.17, 15) is 18.5 Å². The van der Waals surface area contributed by atoms with Crippen molar-refractivity contribution in [2.24, 2.45) is 5.92 Å². The third-order valence-corrected chi connectivity index (χ3v) is 5.05. The van der Waals surface area contributed by atoms with Gasteiger partial charge in [0.1, 0.15) is 4.90 Å². The van der Waals surface area contributed by atoms with Crippen LogP contribution in [-0.2, 0) is 14.9 Å². The van der Waals surface area contributed by atoms with E-state index in [4.69, 9.17) is 4.84 Å². The van der Waals surface area contributed by atoms with Crippen LogP contribution in [0.4, 0.5) is 11.4 Å². The number of rotatable bonds is 7. The summed E-state index contributed by atoms with van der Waals surface area (Å²) in [6.07, 6.45) is 2.22. The lowest BCUT2D eigenvalue weighted by atomic mass is 10.2. The van der Waals surface area contributed by atoms with Gasteiger partial charge in [0.2, 0.25) is 0 Å². The van der Waals surface area contributed by atoms with Crippen LogP contribution >= 0.6 is 0 Å². The van der Waals surface area contributed by atoms with Gasteiger partial charge >= 0.3 is 0 Å². The molecular weight excluding hydrogens is 298 g/mol. The first-order chi connectivity index (χ1) is 9.86. The van der Waals surface area contributed by atoms with Crippen molar-refractivity contribution in [3.8, 4) is 0 Å². The van der Waals surface area contributed by atoms with Gasteiger partial charge in [0, 0.05) is 25.7 Å². The second-order valence-electron chi connectivity index (χ2n) is 4.86. The van der Waals surface area contributed by atoms with Crippen LogP contribution in [0.3, 0.4) is 0 Å². The normalized spacial score (nSPS) is 15.2. The minimum atomic E-state index is -3.96. The van der Waals surface area contributed by atoms with Crippen LogP contribution in [0, 0.1) is 16.0 Å². The van der Waals surface area contributed by atoms with Crippen LogP contribution in [0.1, 0.15) is 12.8 Å². The largest absolute Gasteiger partial charge is 0.384 e. The third-order valence-electron chi connectivity index (χ3n) is 3.33. The lowest BCUT2D eigenvalue weighted by molar-refractivity contribution is -0.385. The average Bonchev–Trinajstić information content (AvgIpc) is 3.27. The lowest BCUT2D eigenvalue weighted by Gasteiger charge is -2.17. The number of hydroxylamine groups is 1. The number of nitro groups is 1. The van der Waals surface area contributed by atoms with Crippen LogP contribution in [-0.4, -0.2) is 38.5 Å². The molecule has 0 saturated heterocycles. The van der Waals surface area contributed by atoms with E-state index in [-0.39, 0.29) is 10.6 Å². The van der Waals surface area contributed by atoms with Gasteiger partial charge in [-0.05, 0) is 24.8 Å². The number of non-ortho nitro benzene ring substituents is 1. The molecule has 1 aromatic rings. The Balaban J connectivity index is 2.41. The molecule has 0 unspecified atom stereocenters. The van der Waals surface area contributed by atoms with Crippen molar-refractivity contribution in [1.29, 1.82) is 0 Å². The molecule has 2 rings (SSSR count). The summed E-state index contributed by atoms with van der Waals surface area (Å²) in [6.45, 7) is 0.650. The molecule has 1 aliphatic rings. The average molecular weight is 315 g/mol. The van der Waals surface area contributed by atoms with Gasteiger partial charge < -0.3 is 5.32 Å². The van der Waals surface area contributed by atoms with Crippen molar-refractivity contribution in [2.75, 3.05) is 26.0 Å². The SMILES string of the molecule is CON(C)S(=O)(=O)c1cc([N+](=O)[O-])ccc1NCC1CC1. The van der Waals surface area contributed by atoms with Crippen molar-refractivity contribution >= 4 is 21.4 Å². The maximum atomic E-state index is 12.4. The predicted molar refractivity (Wildman–Crippen MR) is 76.3 cm³/mol. The molecule has 1 aromatic carbocycles. The second kappa shape index (κ2) is 5.96. The van der Waals surface area contributed by atoms with Gasteiger partial charge in [0.15, 0.2) is 0 Å². The maximum Gasteiger partial charge on any atom is 0.270 e. The van der Waals surface area contributed by atoms with Crippen molar-refractivity contribution in [3.63, 3.8) is 0 Å². The standard InChI is InChI=1S/C12H17N3O5S/c1-14(20-2)21(18,19)12-7-10(15(16)17)5-6-11(12)13-8-9-3-4-9/h5-7,9,13H,3-4,8H2,1-2H3. The number of nitrogens with zero attached hydrogens (tertiary/aromatic N) is 2. The fourth-order valence-electron chi connectivity index (χ4n) is 1.80. The van der Waals surface area contributed by atoms with E-state index >= 15 is 0 Å². The number of nitro benzene ring substituents is 1. The highest BCUT2D eigenvalue weighted by Crippen LogP contribution is 2.32. The summed E-state index contributed by atoms with van der Waals surface area (Å²) < 4.78 is 25.4. The van der Waals surface area contributed by atoms with Crippen LogP contribution in [0.25, 0.3) is 0 Å². The first-order valence-corrected chi connectivity index (χ1v) is 7.85. The van der Waals surface area contributed by atoms with Crippen molar-refractivity contribution in [2.45, 2.75) is 17.7 Å². The van der Waals surface area contributed by atoms with E-state index in [0.717, 1.165) is 18.9 Å². The van der Waals surface area contributed by atoms with Crippen LogP contribution in [0.15, 0.2) is 23.1 Å². The molecule has 9 heteroatoms. The zero-order valence-corrected chi connectivity index (χ0v) is 12.6. The predicted octanol–water partition coefficient (Wildman–Crippen LogP) is 1.60. The smallest absolute Gasteiger partial charge is 0.270 e. The quantitative estimate of drug-likeness (QED) is 0.605. The first kappa shape index (κ1) is 15.7. The van der Waals surface area contributed by atoms with Crippen LogP contribution in [0.2, 0.25) is 0 Å². The van der Waals surface area contributed by atoms with Crippen LogP contribution < -0.4 is 5.32 Å². The number of sulfonamides is 1. The van der Waals surface area contributed by atoms with Gasteiger partial charge in [-0.15, -0.1) is 0 Å². The third kappa shape index (κ3) is 3.49. The topological polar surface area (TPSA) is 102 Å². The number of hydrogen-bond donors (Lipinski definition) is 1. The van der Waals surface area contributed by atoms with Crippen LogP contribution in [0.5, 0.6) is 0 Å². The summed E-state index contributed by atoms with van der Waals surface area (Å²) in [5, 5.41) is 13.9. The molecule has 0 atom stereocenters. The Kier molecular flexibility index (Phi) is 4.45. The molecule has 21 heavy (non-hydrogen) atoms. The minimum Gasteiger partial charge on any atom is -0.384 e. The fraction of sp³-hybridized carbons (Fsp3) is 0.500. The van der Waals surface area contributed by atoms with Crippen molar-refractivity contribution in [3.05, 3.63) is 28.3 Å². The number of anilines is 1. The summed E-state index contributed by atoms with van der Waals surface area (Å²) in [7, 11) is -1.51.